The van der Waals surface area contributed by atoms with E-state index in [1.807, 2.05) is 6.92 Å². The van der Waals surface area contributed by atoms with Crippen LogP contribution in [0.4, 0.5) is 4.39 Å². The first-order chi connectivity index (χ1) is 9.01. The van der Waals surface area contributed by atoms with E-state index in [2.05, 4.69) is 0 Å². The van der Waals surface area contributed by atoms with Gasteiger partial charge < -0.3 is 4.74 Å². The Labute approximate surface area is 111 Å². The number of halogens is 1. The van der Waals surface area contributed by atoms with E-state index < -0.39 is 5.82 Å². The molecule has 0 unspecified atom stereocenters. The molecule has 2 rings (SSSR count). The fraction of sp³-hybridized carbons (Fsp3) is 0.188. The molecule has 0 atom stereocenters. The second kappa shape index (κ2) is 5.22. The van der Waals surface area contributed by atoms with Crippen molar-refractivity contribution in [2.75, 3.05) is 7.11 Å². The Morgan fingerprint density at radius 3 is 2.37 bits per heavy atom. The smallest absolute Gasteiger partial charge is 0.193 e. The molecular formula is C16H15FO2. The molecular weight excluding hydrogens is 243 g/mol. The van der Waals surface area contributed by atoms with Gasteiger partial charge in [-0.05, 0) is 61.4 Å². The predicted octanol–water partition coefficient (Wildman–Crippen LogP) is 3.68. The first-order valence-electron chi connectivity index (χ1n) is 5.98. The van der Waals surface area contributed by atoms with Crippen LogP contribution in [-0.2, 0) is 0 Å². The molecule has 0 aromatic heterocycles. The number of benzene rings is 2. The van der Waals surface area contributed by atoms with Gasteiger partial charge in [-0.25, -0.2) is 4.39 Å². The van der Waals surface area contributed by atoms with Crippen molar-refractivity contribution in [1.82, 2.24) is 0 Å². The highest BCUT2D eigenvalue weighted by Crippen LogP contribution is 2.21. The topological polar surface area (TPSA) is 26.3 Å². The molecule has 0 aliphatic heterocycles. The normalized spacial score (nSPS) is 10.3. The predicted molar refractivity (Wildman–Crippen MR) is 72.3 cm³/mol. The lowest BCUT2D eigenvalue weighted by Crippen LogP contribution is -2.03. The average molecular weight is 258 g/mol. The van der Waals surface area contributed by atoms with Crippen molar-refractivity contribution < 1.29 is 13.9 Å². The van der Waals surface area contributed by atoms with Gasteiger partial charge in [-0.15, -0.1) is 0 Å². The maximum atomic E-state index is 13.3. The molecule has 0 amide bonds. The van der Waals surface area contributed by atoms with Gasteiger partial charge in [0.1, 0.15) is 11.6 Å². The minimum atomic E-state index is -0.395. The quantitative estimate of drug-likeness (QED) is 0.785. The number of methoxy groups -OCH3 is 1. The van der Waals surface area contributed by atoms with Crippen molar-refractivity contribution in [3.63, 3.8) is 0 Å². The number of hydrogen-bond donors (Lipinski definition) is 0. The molecule has 2 nitrogen and oxygen atoms in total. The monoisotopic (exact) mass is 258 g/mol. The molecule has 0 saturated carbocycles. The number of ether oxygens (including phenoxy) is 1. The lowest BCUT2D eigenvalue weighted by Gasteiger charge is -2.07. The Morgan fingerprint density at radius 2 is 1.79 bits per heavy atom. The van der Waals surface area contributed by atoms with Crippen LogP contribution in [0, 0.1) is 19.7 Å². The summed E-state index contributed by atoms with van der Waals surface area (Å²) in [4.78, 5) is 12.3. The third-order valence-corrected chi connectivity index (χ3v) is 2.96. The molecule has 0 heterocycles. The molecule has 2 aromatic carbocycles. The summed E-state index contributed by atoms with van der Waals surface area (Å²) in [5, 5.41) is 0. The van der Waals surface area contributed by atoms with Crippen molar-refractivity contribution in [2.24, 2.45) is 0 Å². The molecule has 0 saturated heterocycles. The van der Waals surface area contributed by atoms with Crippen molar-refractivity contribution >= 4 is 5.78 Å². The third kappa shape index (κ3) is 2.81. The van der Waals surface area contributed by atoms with Gasteiger partial charge in [0.05, 0.1) is 7.11 Å². The fourth-order valence-electron chi connectivity index (χ4n) is 2.05. The highest BCUT2D eigenvalue weighted by atomic mass is 19.1. The van der Waals surface area contributed by atoms with Crippen LogP contribution < -0.4 is 4.74 Å². The number of aryl methyl sites for hydroxylation is 2. The standard InChI is InChI=1S/C16H15FO2/c1-10-6-13(9-14(17)7-10)16(18)12-4-5-15(19-3)11(2)8-12/h4-9H,1-3H3. The zero-order chi connectivity index (χ0) is 14.0. The van der Waals surface area contributed by atoms with Crippen LogP contribution in [0.5, 0.6) is 5.75 Å². The molecule has 98 valence electrons. The Hall–Kier alpha value is -2.16. The summed E-state index contributed by atoms with van der Waals surface area (Å²) in [6.45, 7) is 3.63. The summed E-state index contributed by atoms with van der Waals surface area (Å²) in [6, 6.07) is 9.53. The Morgan fingerprint density at radius 1 is 1.05 bits per heavy atom. The van der Waals surface area contributed by atoms with Gasteiger partial charge in [0, 0.05) is 11.1 Å². The van der Waals surface area contributed by atoms with Crippen LogP contribution in [0.15, 0.2) is 36.4 Å². The molecule has 0 aliphatic carbocycles. The van der Waals surface area contributed by atoms with E-state index in [0.717, 1.165) is 16.9 Å². The molecule has 0 aliphatic rings. The van der Waals surface area contributed by atoms with Crippen LogP contribution in [0.2, 0.25) is 0 Å². The lowest BCUT2D eigenvalue weighted by molar-refractivity contribution is 0.103. The molecule has 19 heavy (non-hydrogen) atoms. The van der Waals surface area contributed by atoms with Crippen LogP contribution in [0.3, 0.4) is 0 Å². The first kappa shape index (κ1) is 13.3. The van der Waals surface area contributed by atoms with Crippen LogP contribution in [0.25, 0.3) is 0 Å². The van der Waals surface area contributed by atoms with Crippen molar-refractivity contribution in [1.29, 1.82) is 0 Å². The van der Waals surface area contributed by atoms with Crippen molar-refractivity contribution in [3.05, 3.63) is 64.5 Å². The number of ketones is 1. The molecule has 0 spiro atoms. The average Bonchev–Trinajstić information content (AvgIpc) is 2.36. The van der Waals surface area contributed by atoms with Gasteiger partial charge in [-0.2, -0.15) is 0 Å². The Kier molecular flexibility index (Phi) is 3.65. The molecule has 0 N–H and O–H groups in total. The zero-order valence-electron chi connectivity index (χ0n) is 11.2. The summed E-state index contributed by atoms with van der Waals surface area (Å²) >= 11 is 0. The van der Waals surface area contributed by atoms with Crippen LogP contribution in [-0.4, -0.2) is 12.9 Å². The highest BCUT2D eigenvalue weighted by molar-refractivity contribution is 6.09. The van der Waals surface area contributed by atoms with E-state index in [4.69, 9.17) is 4.74 Å². The summed E-state index contributed by atoms with van der Waals surface area (Å²) < 4.78 is 18.5. The second-order valence-electron chi connectivity index (χ2n) is 4.53. The molecule has 2 aromatic rings. The number of carbonyl (C=O) groups is 1. The summed E-state index contributed by atoms with van der Waals surface area (Å²) in [6.07, 6.45) is 0. The summed E-state index contributed by atoms with van der Waals surface area (Å²) in [7, 11) is 1.58. The highest BCUT2D eigenvalue weighted by Gasteiger charge is 2.12. The van der Waals surface area contributed by atoms with E-state index in [1.54, 1.807) is 38.3 Å². The van der Waals surface area contributed by atoms with Gasteiger partial charge in [-0.3, -0.25) is 4.79 Å². The number of carbonyl (C=O) groups excluding carboxylic acids is 1. The van der Waals surface area contributed by atoms with Gasteiger partial charge in [0.25, 0.3) is 0 Å². The number of hydrogen-bond acceptors (Lipinski definition) is 2. The van der Waals surface area contributed by atoms with Gasteiger partial charge in [0.2, 0.25) is 0 Å². The number of rotatable bonds is 3. The van der Waals surface area contributed by atoms with Gasteiger partial charge in [0.15, 0.2) is 5.78 Å². The molecule has 0 bridgehead atoms. The second-order valence-corrected chi connectivity index (χ2v) is 4.53. The summed E-state index contributed by atoms with van der Waals surface area (Å²) in [5.41, 5.74) is 2.50. The lowest BCUT2D eigenvalue weighted by atomic mass is 10.00. The van der Waals surface area contributed by atoms with Crippen LogP contribution in [0.1, 0.15) is 27.0 Å². The third-order valence-electron chi connectivity index (χ3n) is 2.96. The summed E-state index contributed by atoms with van der Waals surface area (Å²) in [5.74, 6) is 0.147. The fourth-order valence-corrected chi connectivity index (χ4v) is 2.05. The van der Waals surface area contributed by atoms with E-state index in [-0.39, 0.29) is 5.78 Å². The van der Waals surface area contributed by atoms with E-state index in [9.17, 15) is 9.18 Å². The maximum Gasteiger partial charge on any atom is 0.193 e. The Bertz CT molecular complexity index is 612. The van der Waals surface area contributed by atoms with E-state index >= 15 is 0 Å². The van der Waals surface area contributed by atoms with Gasteiger partial charge >= 0.3 is 0 Å². The largest absolute Gasteiger partial charge is 0.496 e. The van der Waals surface area contributed by atoms with Gasteiger partial charge in [-0.1, -0.05) is 0 Å². The minimum Gasteiger partial charge on any atom is -0.496 e. The van der Waals surface area contributed by atoms with E-state index in [1.165, 1.54) is 12.1 Å². The van der Waals surface area contributed by atoms with Crippen molar-refractivity contribution in [2.45, 2.75) is 13.8 Å². The Balaban J connectivity index is 2.41. The molecule has 3 heteroatoms. The SMILES string of the molecule is COc1ccc(C(=O)c2cc(C)cc(F)c2)cc1C. The zero-order valence-corrected chi connectivity index (χ0v) is 11.2. The first-order valence-corrected chi connectivity index (χ1v) is 5.98. The van der Waals surface area contributed by atoms with Crippen molar-refractivity contribution in [3.8, 4) is 5.75 Å². The molecule has 0 fully saturated rings. The minimum absolute atomic E-state index is 0.187. The van der Waals surface area contributed by atoms with Crippen LogP contribution >= 0.6 is 0 Å². The molecule has 0 radical (unpaired) electrons. The maximum absolute atomic E-state index is 13.3. The van der Waals surface area contributed by atoms with E-state index in [0.29, 0.717) is 11.1 Å².